The minimum absolute atomic E-state index is 0.0716. The van der Waals surface area contributed by atoms with Gasteiger partial charge in [-0.2, -0.15) is 0 Å². The highest BCUT2D eigenvalue weighted by Gasteiger charge is 2.29. The summed E-state index contributed by atoms with van der Waals surface area (Å²) < 4.78 is 5.80. The molecule has 2 unspecified atom stereocenters. The van der Waals surface area contributed by atoms with Gasteiger partial charge in [0.05, 0.1) is 19.3 Å². The number of rotatable bonds is 3. The zero-order valence-corrected chi connectivity index (χ0v) is 12.5. The van der Waals surface area contributed by atoms with Gasteiger partial charge in [0, 0.05) is 23.2 Å². The summed E-state index contributed by atoms with van der Waals surface area (Å²) >= 11 is 6.18. The summed E-state index contributed by atoms with van der Waals surface area (Å²) in [5.74, 6) is -0.422. The van der Waals surface area contributed by atoms with Crippen molar-refractivity contribution >= 4 is 23.5 Å². The second kappa shape index (κ2) is 6.89. The Balaban J connectivity index is 2.04. The van der Waals surface area contributed by atoms with Crippen LogP contribution in [0.2, 0.25) is 5.02 Å². The number of carbonyl (C=O) groups excluding carboxylic acids is 2. The fraction of sp³-hybridized carbons (Fsp3) is 0.429. The van der Waals surface area contributed by atoms with Crippen molar-refractivity contribution in [1.29, 1.82) is 0 Å². The van der Waals surface area contributed by atoms with E-state index in [1.807, 2.05) is 36.1 Å². The van der Waals surface area contributed by atoms with E-state index in [9.17, 15) is 9.59 Å². The monoisotopic (exact) mass is 311 g/mol. The molecule has 0 radical (unpaired) electrons. The highest BCUT2D eigenvalue weighted by molar-refractivity contribution is 6.31. The molecule has 0 spiro atoms. The Morgan fingerprint density at radius 2 is 2.19 bits per heavy atom. The average molecular weight is 312 g/mol. The molecule has 3 N–H and O–H groups in total. The van der Waals surface area contributed by atoms with Gasteiger partial charge in [-0.15, -0.1) is 0 Å². The Morgan fingerprint density at radius 3 is 2.86 bits per heavy atom. The molecule has 0 aliphatic carbocycles. The van der Waals surface area contributed by atoms with Crippen LogP contribution < -0.4 is 11.1 Å². The number of imide groups is 1. The van der Waals surface area contributed by atoms with Crippen LogP contribution >= 0.6 is 11.6 Å². The molecule has 0 aromatic heterocycles. The lowest BCUT2D eigenvalue weighted by Crippen LogP contribution is -2.50. The quantitative estimate of drug-likeness (QED) is 0.881. The van der Waals surface area contributed by atoms with Crippen LogP contribution in [0.15, 0.2) is 24.3 Å². The van der Waals surface area contributed by atoms with Gasteiger partial charge < -0.3 is 10.5 Å². The van der Waals surface area contributed by atoms with Gasteiger partial charge in [-0.05, 0) is 13.0 Å². The van der Waals surface area contributed by atoms with Crippen LogP contribution in [0.5, 0.6) is 0 Å². The number of urea groups is 1. The van der Waals surface area contributed by atoms with Gasteiger partial charge in [-0.1, -0.05) is 29.8 Å². The molecular formula is C14H18ClN3O3. The van der Waals surface area contributed by atoms with Crippen LogP contribution in [0.4, 0.5) is 4.79 Å². The zero-order chi connectivity index (χ0) is 15.4. The van der Waals surface area contributed by atoms with E-state index >= 15 is 0 Å². The number of nitrogens with one attached hydrogen (secondary N) is 1. The number of hydrogen-bond acceptors (Lipinski definition) is 4. The molecule has 1 fully saturated rings. The summed E-state index contributed by atoms with van der Waals surface area (Å²) in [5, 5.41) is 2.71. The molecule has 1 saturated heterocycles. The third-order valence-electron chi connectivity index (χ3n) is 3.42. The number of morpholine rings is 1. The molecule has 2 rings (SSSR count). The molecule has 3 amide bonds. The maximum atomic E-state index is 11.7. The maximum absolute atomic E-state index is 11.7. The molecule has 1 aromatic carbocycles. The maximum Gasteiger partial charge on any atom is 0.318 e. The highest BCUT2D eigenvalue weighted by Crippen LogP contribution is 2.29. The molecule has 2 atom stereocenters. The van der Waals surface area contributed by atoms with Crippen molar-refractivity contribution < 1.29 is 14.3 Å². The number of primary amides is 1. The summed E-state index contributed by atoms with van der Waals surface area (Å²) in [7, 11) is 0. The minimum Gasteiger partial charge on any atom is -0.371 e. The third kappa shape index (κ3) is 4.17. The number of nitrogens with two attached hydrogens (primary N) is 1. The average Bonchev–Trinajstić information content (AvgIpc) is 2.41. The number of amides is 3. The molecule has 7 heteroatoms. The molecule has 1 aliphatic rings. The van der Waals surface area contributed by atoms with Crippen molar-refractivity contribution in [2.45, 2.75) is 19.1 Å². The van der Waals surface area contributed by atoms with E-state index in [1.165, 1.54) is 0 Å². The Morgan fingerprint density at radius 1 is 1.48 bits per heavy atom. The number of carbonyl (C=O) groups is 2. The minimum atomic E-state index is -0.844. The molecular weight excluding hydrogens is 294 g/mol. The predicted octanol–water partition coefficient (Wildman–Crippen LogP) is 1.30. The lowest BCUT2D eigenvalue weighted by atomic mass is 10.1. The van der Waals surface area contributed by atoms with Gasteiger partial charge in [0.1, 0.15) is 0 Å². The number of ether oxygens (including phenoxy) is 1. The van der Waals surface area contributed by atoms with Gasteiger partial charge in [0.25, 0.3) is 0 Å². The standard InChI is InChI=1S/C14H18ClN3O3/c1-9-8-21-12(10-4-2-3-5-11(10)15)6-18(9)7-13(19)17-14(16)20/h2-5,9,12H,6-8H2,1H3,(H3,16,17,19,20). The van der Waals surface area contributed by atoms with Crippen molar-refractivity contribution in [3.8, 4) is 0 Å². The van der Waals surface area contributed by atoms with Gasteiger partial charge >= 0.3 is 6.03 Å². The van der Waals surface area contributed by atoms with Gasteiger partial charge in [-0.25, -0.2) is 4.79 Å². The summed E-state index contributed by atoms with van der Waals surface area (Å²) in [6.07, 6.45) is -0.198. The van der Waals surface area contributed by atoms with Crippen molar-refractivity contribution in [2.24, 2.45) is 5.73 Å². The van der Waals surface area contributed by atoms with E-state index in [-0.39, 0.29) is 18.7 Å². The SMILES string of the molecule is CC1COC(c2ccccc2Cl)CN1CC(=O)NC(N)=O. The molecule has 6 nitrogen and oxygen atoms in total. The van der Waals surface area contributed by atoms with Crippen LogP contribution in [0, 0.1) is 0 Å². The Bertz CT molecular complexity index is 538. The summed E-state index contributed by atoms with van der Waals surface area (Å²) in [5.41, 5.74) is 5.83. The van der Waals surface area contributed by atoms with Crippen molar-refractivity contribution in [3.63, 3.8) is 0 Å². The molecule has 1 aromatic rings. The van der Waals surface area contributed by atoms with E-state index < -0.39 is 11.9 Å². The van der Waals surface area contributed by atoms with Crippen molar-refractivity contribution in [2.75, 3.05) is 19.7 Å². The van der Waals surface area contributed by atoms with Gasteiger partial charge in [-0.3, -0.25) is 15.0 Å². The van der Waals surface area contributed by atoms with Crippen LogP contribution in [-0.2, 0) is 9.53 Å². The van der Waals surface area contributed by atoms with E-state index in [1.54, 1.807) is 0 Å². The number of hydrogen-bond donors (Lipinski definition) is 2. The molecule has 114 valence electrons. The smallest absolute Gasteiger partial charge is 0.318 e. The number of benzene rings is 1. The fourth-order valence-electron chi connectivity index (χ4n) is 2.31. The van der Waals surface area contributed by atoms with E-state index in [0.29, 0.717) is 18.2 Å². The summed E-state index contributed by atoms with van der Waals surface area (Å²) in [6, 6.07) is 6.70. The predicted molar refractivity (Wildman–Crippen MR) is 78.9 cm³/mol. The first-order valence-corrected chi connectivity index (χ1v) is 7.04. The topological polar surface area (TPSA) is 84.7 Å². The largest absolute Gasteiger partial charge is 0.371 e. The van der Waals surface area contributed by atoms with Crippen LogP contribution in [0.1, 0.15) is 18.6 Å². The van der Waals surface area contributed by atoms with E-state index in [2.05, 4.69) is 5.32 Å². The highest BCUT2D eigenvalue weighted by atomic mass is 35.5. The van der Waals surface area contributed by atoms with Crippen molar-refractivity contribution in [1.82, 2.24) is 10.2 Å². The third-order valence-corrected chi connectivity index (χ3v) is 3.77. The summed E-state index contributed by atoms with van der Waals surface area (Å²) in [6.45, 7) is 3.06. The Hall–Kier alpha value is -1.63. The Labute approximate surface area is 128 Å². The first-order chi connectivity index (χ1) is 9.97. The second-order valence-electron chi connectivity index (χ2n) is 5.03. The molecule has 0 bridgehead atoms. The lowest BCUT2D eigenvalue weighted by molar-refractivity contribution is -0.125. The zero-order valence-electron chi connectivity index (χ0n) is 11.7. The molecule has 1 aliphatic heterocycles. The van der Waals surface area contributed by atoms with E-state index in [0.717, 1.165) is 5.56 Å². The first-order valence-electron chi connectivity index (χ1n) is 6.66. The summed E-state index contributed by atoms with van der Waals surface area (Å²) in [4.78, 5) is 24.3. The van der Waals surface area contributed by atoms with Crippen LogP contribution in [0.25, 0.3) is 0 Å². The molecule has 0 saturated carbocycles. The van der Waals surface area contributed by atoms with Gasteiger partial charge in [0.2, 0.25) is 5.91 Å². The lowest BCUT2D eigenvalue weighted by Gasteiger charge is -2.37. The van der Waals surface area contributed by atoms with Crippen molar-refractivity contribution in [3.05, 3.63) is 34.9 Å². The molecule has 1 heterocycles. The fourth-order valence-corrected chi connectivity index (χ4v) is 2.57. The van der Waals surface area contributed by atoms with E-state index in [4.69, 9.17) is 22.1 Å². The van der Waals surface area contributed by atoms with Crippen LogP contribution in [0.3, 0.4) is 0 Å². The number of halogens is 1. The Kier molecular flexibility index (Phi) is 5.17. The van der Waals surface area contributed by atoms with Crippen LogP contribution in [-0.4, -0.2) is 42.6 Å². The second-order valence-corrected chi connectivity index (χ2v) is 5.44. The normalized spacial score (nSPS) is 22.8. The van der Waals surface area contributed by atoms with Gasteiger partial charge in [0.15, 0.2) is 0 Å². The molecule has 21 heavy (non-hydrogen) atoms. The first kappa shape index (κ1) is 15.8. The number of nitrogens with zero attached hydrogens (tertiary/aromatic N) is 1.